The van der Waals surface area contributed by atoms with Crippen molar-refractivity contribution in [2.24, 2.45) is 5.84 Å². The van der Waals surface area contributed by atoms with Crippen molar-refractivity contribution in [3.63, 3.8) is 0 Å². The number of benzene rings is 2. The fourth-order valence-corrected chi connectivity index (χ4v) is 3.39. The van der Waals surface area contributed by atoms with Crippen LogP contribution in [0.1, 0.15) is 15.9 Å². The van der Waals surface area contributed by atoms with Crippen molar-refractivity contribution in [2.75, 3.05) is 6.79 Å². The minimum atomic E-state index is -4.11. The fourth-order valence-electron chi connectivity index (χ4n) is 2.24. The first-order chi connectivity index (χ1) is 11.4. The molecule has 0 fully saturated rings. The van der Waals surface area contributed by atoms with Crippen molar-refractivity contribution < 1.29 is 26.9 Å². The summed E-state index contributed by atoms with van der Waals surface area (Å²) in [4.78, 5) is 11.5. The lowest BCUT2D eigenvalue weighted by Gasteiger charge is -2.11. The van der Waals surface area contributed by atoms with E-state index in [1.54, 1.807) is 13.0 Å². The van der Waals surface area contributed by atoms with Crippen LogP contribution in [0.3, 0.4) is 0 Å². The molecule has 9 heteroatoms. The van der Waals surface area contributed by atoms with E-state index in [0.29, 0.717) is 17.1 Å². The number of fused-ring (bicyclic) bond motifs is 1. The van der Waals surface area contributed by atoms with Crippen LogP contribution >= 0.6 is 0 Å². The van der Waals surface area contributed by atoms with Gasteiger partial charge in [0.1, 0.15) is 10.6 Å². The first-order valence-corrected chi connectivity index (χ1v) is 8.27. The van der Waals surface area contributed by atoms with Gasteiger partial charge in [0.25, 0.3) is 5.91 Å². The van der Waals surface area contributed by atoms with E-state index in [0.717, 1.165) is 0 Å². The van der Waals surface area contributed by atoms with E-state index in [2.05, 4.69) is 0 Å². The second kappa shape index (κ2) is 6.02. The summed E-state index contributed by atoms with van der Waals surface area (Å²) < 4.78 is 40.6. The zero-order chi connectivity index (χ0) is 17.3. The molecule has 126 valence electrons. The summed E-state index contributed by atoms with van der Waals surface area (Å²) >= 11 is 0. The molecule has 1 amide bonds. The number of rotatable bonds is 4. The number of hydrazine groups is 1. The van der Waals surface area contributed by atoms with E-state index >= 15 is 0 Å². The summed E-state index contributed by atoms with van der Waals surface area (Å²) in [7, 11) is -4.11. The lowest BCUT2D eigenvalue weighted by molar-refractivity contribution is 0.0953. The van der Waals surface area contributed by atoms with Gasteiger partial charge in [-0.25, -0.2) is 5.84 Å². The molecule has 24 heavy (non-hydrogen) atoms. The van der Waals surface area contributed by atoms with Crippen LogP contribution in [0.15, 0.2) is 41.3 Å². The van der Waals surface area contributed by atoms with Gasteiger partial charge in [0.15, 0.2) is 11.5 Å². The normalized spacial score (nSPS) is 12.8. The Morgan fingerprint density at radius 1 is 1.21 bits per heavy atom. The number of nitrogens with two attached hydrogens (primary N) is 1. The Morgan fingerprint density at radius 2 is 1.92 bits per heavy atom. The van der Waals surface area contributed by atoms with Crippen molar-refractivity contribution in [1.82, 2.24) is 5.43 Å². The van der Waals surface area contributed by atoms with Gasteiger partial charge in [-0.15, -0.1) is 0 Å². The SMILES string of the molecule is Cc1cc2c(cc1S(=O)(=O)Oc1cccc(C(=O)NN)c1)OCO2. The first-order valence-electron chi connectivity index (χ1n) is 6.86. The van der Waals surface area contributed by atoms with Crippen LogP contribution in [-0.4, -0.2) is 21.1 Å². The molecule has 1 heterocycles. The topological polar surface area (TPSA) is 117 Å². The molecule has 0 saturated carbocycles. The third-order valence-electron chi connectivity index (χ3n) is 3.37. The molecule has 3 rings (SSSR count). The fraction of sp³-hybridized carbons (Fsp3) is 0.133. The number of nitrogens with one attached hydrogen (secondary N) is 1. The lowest BCUT2D eigenvalue weighted by Crippen LogP contribution is -2.29. The second-order valence-electron chi connectivity index (χ2n) is 5.01. The van der Waals surface area contributed by atoms with E-state index in [-0.39, 0.29) is 23.0 Å². The number of nitrogen functional groups attached to an aromatic ring is 1. The Balaban J connectivity index is 1.94. The zero-order valence-corrected chi connectivity index (χ0v) is 13.4. The van der Waals surface area contributed by atoms with Crippen LogP contribution in [0.25, 0.3) is 0 Å². The summed E-state index contributed by atoms with van der Waals surface area (Å²) in [6.07, 6.45) is 0. The van der Waals surface area contributed by atoms with E-state index in [9.17, 15) is 13.2 Å². The highest BCUT2D eigenvalue weighted by atomic mass is 32.2. The minimum absolute atomic E-state index is 0.00633. The highest BCUT2D eigenvalue weighted by Crippen LogP contribution is 2.36. The maximum atomic E-state index is 12.5. The number of aryl methyl sites for hydroxylation is 1. The van der Waals surface area contributed by atoms with Crippen molar-refractivity contribution >= 4 is 16.0 Å². The molecule has 0 bridgehead atoms. The van der Waals surface area contributed by atoms with Crippen LogP contribution in [0, 0.1) is 6.92 Å². The van der Waals surface area contributed by atoms with E-state index in [4.69, 9.17) is 19.5 Å². The Kier molecular flexibility index (Phi) is 4.04. The molecular weight excluding hydrogens is 336 g/mol. The molecule has 0 saturated heterocycles. The van der Waals surface area contributed by atoms with E-state index in [1.165, 1.54) is 30.3 Å². The molecule has 0 unspecified atom stereocenters. The molecule has 1 aliphatic heterocycles. The third kappa shape index (κ3) is 2.99. The monoisotopic (exact) mass is 350 g/mol. The third-order valence-corrected chi connectivity index (χ3v) is 4.76. The standard InChI is InChI=1S/C15H14N2O6S/c1-9-5-12-13(22-8-21-12)7-14(9)24(19,20)23-11-4-2-3-10(6-11)15(18)17-16/h2-7H,8,16H2,1H3,(H,17,18). The molecule has 8 nitrogen and oxygen atoms in total. The maximum absolute atomic E-state index is 12.5. The molecular formula is C15H14N2O6S. The van der Waals surface area contributed by atoms with Crippen LogP contribution in [-0.2, 0) is 10.1 Å². The average molecular weight is 350 g/mol. The number of ether oxygens (including phenoxy) is 2. The molecule has 0 atom stereocenters. The molecule has 0 aromatic heterocycles. The molecule has 2 aromatic carbocycles. The van der Waals surface area contributed by atoms with Gasteiger partial charge in [-0.2, -0.15) is 8.42 Å². The highest BCUT2D eigenvalue weighted by Gasteiger charge is 2.25. The van der Waals surface area contributed by atoms with Gasteiger partial charge >= 0.3 is 10.1 Å². The number of carbonyl (C=O) groups excluding carboxylic acids is 1. The number of hydrogen-bond acceptors (Lipinski definition) is 7. The van der Waals surface area contributed by atoms with Crippen LogP contribution in [0.2, 0.25) is 0 Å². The largest absolute Gasteiger partial charge is 0.454 e. The summed E-state index contributed by atoms with van der Waals surface area (Å²) in [6.45, 7) is 1.66. The van der Waals surface area contributed by atoms with Gasteiger partial charge in [-0.1, -0.05) is 6.07 Å². The summed E-state index contributed by atoms with van der Waals surface area (Å²) in [5.74, 6) is 5.31. The number of hydrogen-bond donors (Lipinski definition) is 2. The van der Waals surface area contributed by atoms with Crippen LogP contribution < -0.4 is 24.9 Å². The molecule has 2 aromatic rings. The Labute approximate surface area is 138 Å². The predicted octanol–water partition coefficient (Wildman–Crippen LogP) is 1.09. The lowest BCUT2D eigenvalue weighted by atomic mass is 10.2. The van der Waals surface area contributed by atoms with Gasteiger partial charge in [0.2, 0.25) is 6.79 Å². The Bertz CT molecular complexity index is 910. The quantitative estimate of drug-likeness (QED) is 0.367. The molecule has 0 spiro atoms. The van der Waals surface area contributed by atoms with Crippen molar-refractivity contribution in [3.8, 4) is 17.2 Å². The zero-order valence-electron chi connectivity index (χ0n) is 12.6. The average Bonchev–Trinajstić information content (AvgIpc) is 3.00. The maximum Gasteiger partial charge on any atom is 0.339 e. The van der Waals surface area contributed by atoms with Gasteiger partial charge in [-0.3, -0.25) is 10.2 Å². The first kappa shape index (κ1) is 16.1. The van der Waals surface area contributed by atoms with Gasteiger partial charge in [-0.05, 0) is 36.8 Å². The van der Waals surface area contributed by atoms with Crippen LogP contribution in [0.5, 0.6) is 17.2 Å². The Hall–Kier alpha value is -2.78. The summed E-state index contributed by atoms with van der Waals surface area (Å²) in [5, 5.41) is 0. The van der Waals surface area contributed by atoms with Crippen molar-refractivity contribution in [1.29, 1.82) is 0 Å². The number of amides is 1. The molecule has 3 N–H and O–H groups in total. The van der Waals surface area contributed by atoms with E-state index < -0.39 is 16.0 Å². The Morgan fingerprint density at radius 3 is 2.62 bits per heavy atom. The molecule has 0 radical (unpaired) electrons. The van der Waals surface area contributed by atoms with Gasteiger partial charge in [0.05, 0.1) is 0 Å². The summed E-state index contributed by atoms with van der Waals surface area (Å²) in [6, 6.07) is 8.59. The minimum Gasteiger partial charge on any atom is -0.454 e. The van der Waals surface area contributed by atoms with Gasteiger partial charge in [0, 0.05) is 11.6 Å². The molecule has 0 aliphatic carbocycles. The van der Waals surface area contributed by atoms with Crippen LogP contribution in [0.4, 0.5) is 0 Å². The van der Waals surface area contributed by atoms with Crippen molar-refractivity contribution in [2.45, 2.75) is 11.8 Å². The van der Waals surface area contributed by atoms with E-state index in [1.807, 2.05) is 5.43 Å². The van der Waals surface area contributed by atoms with Gasteiger partial charge < -0.3 is 13.7 Å². The second-order valence-corrected chi connectivity index (χ2v) is 6.52. The smallest absolute Gasteiger partial charge is 0.339 e. The highest BCUT2D eigenvalue weighted by molar-refractivity contribution is 7.87. The predicted molar refractivity (Wildman–Crippen MR) is 83.2 cm³/mol. The molecule has 1 aliphatic rings. The van der Waals surface area contributed by atoms with Crippen molar-refractivity contribution in [3.05, 3.63) is 47.5 Å². The summed E-state index contributed by atoms with van der Waals surface area (Å²) in [5.41, 5.74) is 2.59. The number of carbonyl (C=O) groups is 1.